The molecule has 2 heterocycles. The highest BCUT2D eigenvalue weighted by Gasteiger charge is 2.41. The summed E-state index contributed by atoms with van der Waals surface area (Å²) in [7, 11) is 2.05. The van der Waals surface area contributed by atoms with E-state index in [0.717, 1.165) is 36.1 Å². The van der Waals surface area contributed by atoms with Gasteiger partial charge in [-0.3, -0.25) is 9.59 Å². The van der Waals surface area contributed by atoms with Crippen molar-refractivity contribution in [1.29, 1.82) is 0 Å². The minimum Gasteiger partial charge on any atom is -0.353 e. The van der Waals surface area contributed by atoms with Gasteiger partial charge in [-0.15, -0.1) is 0 Å². The second-order valence-corrected chi connectivity index (χ2v) is 11.9. The summed E-state index contributed by atoms with van der Waals surface area (Å²) in [6.07, 6.45) is 8.62. The molecule has 6 nitrogen and oxygen atoms in total. The number of fused-ring (bicyclic) bond motifs is 1. The number of hydrogen-bond acceptors (Lipinski definition) is 3. The third-order valence-electron chi connectivity index (χ3n) is 8.80. The monoisotopic (exact) mass is 540 g/mol. The van der Waals surface area contributed by atoms with E-state index in [1.807, 2.05) is 24.3 Å². The van der Waals surface area contributed by atoms with Crippen LogP contribution >= 0.6 is 0 Å². The fourth-order valence-electron chi connectivity index (χ4n) is 6.61. The summed E-state index contributed by atoms with van der Waals surface area (Å²) in [6.45, 7) is 5.44. The average Bonchev–Trinajstić information content (AvgIpc) is 3.39. The van der Waals surface area contributed by atoms with Crippen LogP contribution in [0.3, 0.4) is 0 Å². The molecule has 0 unspecified atom stereocenters. The minimum absolute atomic E-state index is 0.00186. The predicted octanol–water partition coefficient (Wildman–Crippen LogP) is 5.61. The Bertz CT molecular complexity index is 1280. The van der Waals surface area contributed by atoms with Crippen molar-refractivity contribution in [2.45, 2.75) is 76.4 Å². The van der Waals surface area contributed by atoms with Crippen molar-refractivity contribution >= 4 is 11.8 Å². The maximum absolute atomic E-state index is 14.0. The first-order valence-electron chi connectivity index (χ1n) is 15.0. The van der Waals surface area contributed by atoms with E-state index in [-0.39, 0.29) is 41.8 Å². The van der Waals surface area contributed by atoms with E-state index in [4.69, 9.17) is 0 Å². The molecule has 0 radical (unpaired) electrons. The lowest BCUT2D eigenvalue weighted by molar-refractivity contribution is -0.125. The molecular formula is C34H44N4O2. The lowest BCUT2D eigenvalue weighted by Crippen LogP contribution is -2.53. The second-order valence-electron chi connectivity index (χ2n) is 11.9. The number of carbonyl (C=O) groups excluding carboxylic acids is 2. The van der Waals surface area contributed by atoms with Crippen LogP contribution in [-0.2, 0) is 18.3 Å². The normalized spacial score (nSPS) is 20.4. The summed E-state index contributed by atoms with van der Waals surface area (Å²) in [5, 5.41) is 7.02. The van der Waals surface area contributed by atoms with Crippen LogP contribution in [0.2, 0.25) is 0 Å². The average molecular weight is 541 g/mol. The van der Waals surface area contributed by atoms with E-state index in [0.29, 0.717) is 13.1 Å². The lowest BCUT2D eigenvalue weighted by Gasteiger charge is -2.43. The van der Waals surface area contributed by atoms with Crippen molar-refractivity contribution in [3.8, 4) is 0 Å². The maximum Gasteiger partial charge on any atom is 0.254 e. The van der Waals surface area contributed by atoms with Gasteiger partial charge in [0.25, 0.3) is 5.91 Å². The molecule has 1 fully saturated rings. The fourth-order valence-corrected chi connectivity index (χ4v) is 6.61. The third kappa shape index (κ3) is 6.17. The molecule has 40 heavy (non-hydrogen) atoms. The number of amides is 2. The Hall–Kier alpha value is -3.38. The van der Waals surface area contributed by atoms with Crippen LogP contribution in [0.1, 0.15) is 85.1 Å². The third-order valence-corrected chi connectivity index (χ3v) is 8.80. The first-order chi connectivity index (χ1) is 19.4. The molecule has 0 bridgehead atoms. The zero-order valence-corrected chi connectivity index (χ0v) is 24.2. The molecule has 1 aliphatic heterocycles. The number of benzene rings is 2. The van der Waals surface area contributed by atoms with Crippen LogP contribution in [0, 0.1) is 5.92 Å². The SMILES string of the molecule is CC(C)[C@H](NC[C@H]1c2ccccc2C(=O)N(CCc2ccccc2)[C@@H]1c1cccn1C)C(=O)NC1CCCCC1. The molecule has 2 N–H and O–H groups in total. The lowest BCUT2D eigenvalue weighted by atomic mass is 9.80. The zero-order chi connectivity index (χ0) is 28.1. The van der Waals surface area contributed by atoms with Gasteiger partial charge < -0.3 is 20.1 Å². The van der Waals surface area contributed by atoms with E-state index in [9.17, 15) is 9.59 Å². The molecule has 3 atom stereocenters. The fraction of sp³-hybridized carbons (Fsp3) is 0.471. The molecule has 1 saturated carbocycles. The molecule has 0 saturated heterocycles. The molecule has 2 amide bonds. The van der Waals surface area contributed by atoms with Gasteiger partial charge in [0.15, 0.2) is 0 Å². The van der Waals surface area contributed by atoms with Crippen LogP contribution < -0.4 is 10.6 Å². The van der Waals surface area contributed by atoms with E-state index in [1.54, 1.807) is 0 Å². The molecule has 212 valence electrons. The smallest absolute Gasteiger partial charge is 0.254 e. The van der Waals surface area contributed by atoms with Crippen molar-refractivity contribution < 1.29 is 9.59 Å². The van der Waals surface area contributed by atoms with Gasteiger partial charge in [0.05, 0.1) is 12.1 Å². The Labute approximate surface area is 239 Å². The van der Waals surface area contributed by atoms with Crippen molar-refractivity contribution in [2.24, 2.45) is 13.0 Å². The van der Waals surface area contributed by atoms with Crippen LogP contribution in [0.25, 0.3) is 0 Å². The molecular weight excluding hydrogens is 496 g/mol. The predicted molar refractivity (Wildman–Crippen MR) is 160 cm³/mol. The van der Waals surface area contributed by atoms with Crippen LogP contribution in [0.4, 0.5) is 0 Å². The largest absolute Gasteiger partial charge is 0.353 e. The van der Waals surface area contributed by atoms with Gasteiger partial charge in [-0.25, -0.2) is 0 Å². The van der Waals surface area contributed by atoms with E-state index in [1.165, 1.54) is 24.8 Å². The first-order valence-corrected chi connectivity index (χ1v) is 15.0. The van der Waals surface area contributed by atoms with E-state index in [2.05, 4.69) is 89.7 Å². The molecule has 5 rings (SSSR count). The van der Waals surface area contributed by atoms with Crippen molar-refractivity contribution in [3.63, 3.8) is 0 Å². The van der Waals surface area contributed by atoms with Crippen molar-refractivity contribution in [3.05, 3.63) is 95.3 Å². The topological polar surface area (TPSA) is 66.4 Å². The van der Waals surface area contributed by atoms with Crippen LogP contribution in [0.15, 0.2) is 72.9 Å². The summed E-state index contributed by atoms with van der Waals surface area (Å²) in [5.41, 5.74) is 4.14. The zero-order valence-electron chi connectivity index (χ0n) is 24.2. The number of rotatable bonds is 10. The summed E-state index contributed by atoms with van der Waals surface area (Å²) < 4.78 is 2.13. The highest BCUT2D eigenvalue weighted by Crippen LogP contribution is 2.42. The number of carbonyl (C=O) groups is 2. The highest BCUT2D eigenvalue weighted by atomic mass is 16.2. The Kier molecular flexibility index (Phi) is 9.05. The maximum atomic E-state index is 14.0. The Morgan fingerprint density at radius 3 is 2.38 bits per heavy atom. The van der Waals surface area contributed by atoms with Gasteiger partial charge in [-0.05, 0) is 54.5 Å². The quantitative estimate of drug-likeness (QED) is 0.351. The standard InChI is InChI=1S/C34H44N4O2/c1-24(2)31(33(39)36-26-15-8-5-9-16-26)35-23-29-27-17-10-11-18-28(27)34(40)38(22-20-25-13-6-4-7-14-25)32(29)30-19-12-21-37(30)3/h4,6-7,10-14,17-19,21,24,26,29,31-32,35H,5,8-9,15-16,20,22-23H2,1-3H3,(H,36,39)/t29-,31-,32-/m0/s1. The highest BCUT2D eigenvalue weighted by molar-refractivity contribution is 5.97. The summed E-state index contributed by atoms with van der Waals surface area (Å²) in [5.74, 6) is 0.316. The molecule has 2 aliphatic rings. The van der Waals surface area contributed by atoms with Gasteiger partial charge in [0.2, 0.25) is 5.91 Å². The summed E-state index contributed by atoms with van der Waals surface area (Å²) in [6, 6.07) is 22.4. The molecule has 2 aromatic carbocycles. The van der Waals surface area contributed by atoms with Crippen LogP contribution in [-0.4, -0.2) is 46.5 Å². The molecule has 0 spiro atoms. The molecule has 6 heteroatoms. The summed E-state index contributed by atoms with van der Waals surface area (Å²) in [4.78, 5) is 29.5. The molecule has 1 aromatic heterocycles. The van der Waals surface area contributed by atoms with Crippen molar-refractivity contribution in [2.75, 3.05) is 13.1 Å². The Morgan fingerprint density at radius 1 is 0.950 bits per heavy atom. The number of hydrogen-bond donors (Lipinski definition) is 2. The molecule has 3 aromatic rings. The number of nitrogens with zero attached hydrogens (tertiary/aromatic N) is 2. The van der Waals surface area contributed by atoms with E-state index >= 15 is 0 Å². The minimum atomic E-state index is -0.293. The van der Waals surface area contributed by atoms with Crippen molar-refractivity contribution in [1.82, 2.24) is 20.1 Å². The number of aryl methyl sites for hydroxylation is 1. The summed E-state index contributed by atoms with van der Waals surface area (Å²) >= 11 is 0. The van der Waals surface area contributed by atoms with E-state index < -0.39 is 0 Å². The second kappa shape index (κ2) is 12.9. The van der Waals surface area contributed by atoms with Gasteiger partial charge in [0.1, 0.15) is 0 Å². The van der Waals surface area contributed by atoms with Gasteiger partial charge in [0, 0.05) is 49.6 Å². The molecule has 1 aliphatic carbocycles. The van der Waals surface area contributed by atoms with Gasteiger partial charge in [-0.2, -0.15) is 0 Å². The Balaban J connectivity index is 1.44. The first kappa shape index (κ1) is 28.2. The number of aromatic nitrogens is 1. The van der Waals surface area contributed by atoms with Crippen LogP contribution in [0.5, 0.6) is 0 Å². The Morgan fingerprint density at radius 2 is 1.68 bits per heavy atom. The van der Waals surface area contributed by atoms with Gasteiger partial charge in [-0.1, -0.05) is 81.6 Å². The van der Waals surface area contributed by atoms with Gasteiger partial charge >= 0.3 is 0 Å². The number of nitrogens with one attached hydrogen (secondary N) is 2.